The van der Waals surface area contributed by atoms with Crippen molar-refractivity contribution in [2.75, 3.05) is 13.7 Å². The number of aliphatic hydroxyl groups is 1. The third kappa shape index (κ3) is 5.77. The van der Waals surface area contributed by atoms with Gasteiger partial charge < -0.3 is 9.52 Å². The molecule has 0 atom stereocenters. The lowest BCUT2D eigenvalue weighted by atomic mass is 10.0. The van der Waals surface area contributed by atoms with Gasteiger partial charge in [-0.1, -0.05) is 36.4 Å². The molecule has 1 fully saturated rings. The molecule has 0 bridgehead atoms. The lowest BCUT2D eigenvalue weighted by molar-refractivity contribution is 0.0766. The van der Waals surface area contributed by atoms with Crippen LogP contribution >= 0.6 is 11.6 Å². The average Bonchev–Trinajstić information content (AvgIpc) is 3.68. The van der Waals surface area contributed by atoms with Crippen LogP contribution in [0.1, 0.15) is 45.8 Å². The standard InChI is InChI=1S/C29H26ClFN2O5S/c1-17(15-34)23-11-3-18(13-25(23)30)16-39(36,37)32-33(2)29(35)27-24-14-21(19-4-5-19)8-12-26(24)38-28(27)20-6-9-22(31)10-7-20/h3,6-14,19,32,34H,1,4-5,15-16H2,2H3. The van der Waals surface area contributed by atoms with E-state index in [0.29, 0.717) is 39.2 Å². The molecule has 0 radical (unpaired) electrons. The number of hydrogen-bond acceptors (Lipinski definition) is 5. The summed E-state index contributed by atoms with van der Waals surface area (Å²) in [5, 5.41) is 11.0. The first-order chi connectivity index (χ1) is 18.6. The molecule has 39 heavy (non-hydrogen) atoms. The Balaban J connectivity index is 1.45. The van der Waals surface area contributed by atoms with Crippen molar-refractivity contribution in [2.24, 2.45) is 0 Å². The van der Waals surface area contributed by atoms with Crippen molar-refractivity contribution in [3.8, 4) is 11.3 Å². The van der Waals surface area contributed by atoms with E-state index in [9.17, 15) is 22.7 Å². The highest BCUT2D eigenvalue weighted by Gasteiger charge is 2.29. The van der Waals surface area contributed by atoms with Crippen LogP contribution in [-0.4, -0.2) is 38.1 Å². The molecule has 1 heterocycles. The van der Waals surface area contributed by atoms with E-state index < -0.39 is 27.5 Å². The molecule has 1 aliphatic rings. The predicted molar refractivity (Wildman–Crippen MR) is 149 cm³/mol. The normalized spacial score (nSPS) is 13.5. The summed E-state index contributed by atoms with van der Waals surface area (Å²) >= 11 is 6.25. The van der Waals surface area contributed by atoms with E-state index in [1.54, 1.807) is 18.2 Å². The van der Waals surface area contributed by atoms with Crippen molar-refractivity contribution in [1.29, 1.82) is 0 Å². The van der Waals surface area contributed by atoms with Crippen LogP contribution in [0, 0.1) is 5.82 Å². The van der Waals surface area contributed by atoms with Crippen molar-refractivity contribution in [1.82, 2.24) is 9.84 Å². The van der Waals surface area contributed by atoms with Gasteiger partial charge in [0.05, 0.1) is 17.9 Å². The molecule has 5 rings (SSSR count). The van der Waals surface area contributed by atoms with Gasteiger partial charge in [0, 0.05) is 23.0 Å². The summed E-state index contributed by atoms with van der Waals surface area (Å²) in [4.78, 5) is 16.0. The van der Waals surface area contributed by atoms with Crippen LogP contribution in [0.15, 0.2) is 71.7 Å². The largest absolute Gasteiger partial charge is 0.455 e. The summed E-state index contributed by atoms with van der Waals surface area (Å²) in [7, 11) is -2.71. The van der Waals surface area contributed by atoms with Crippen LogP contribution in [0.2, 0.25) is 5.02 Å². The summed E-state index contributed by atoms with van der Waals surface area (Å²) in [6.07, 6.45) is 2.13. The Morgan fingerprint density at radius 3 is 2.51 bits per heavy atom. The maximum absolute atomic E-state index is 13.7. The van der Waals surface area contributed by atoms with Gasteiger partial charge in [0.15, 0.2) is 0 Å². The van der Waals surface area contributed by atoms with Crippen molar-refractivity contribution in [3.63, 3.8) is 0 Å². The molecule has 202 valence electrons. The van der Waals surface area contributed by atoms with Gasteiger partial charge >= 0.3 is 0 Å². The predicted octanol–water partition coefficient (Wildman–Crippen LogP) is 5.88. The number of nitrogens with zero attached hydrogens (tertiary/aromatic N) is 1. The van der Waals surface area contributed by atoms with Crippen LogP contribution in [-0.2, 0) is 15.8 Å². The summed E-state index contributed by atoms with van der Waals surface area (Å²) in [6, 6.07) is 15.9. The lowest BCUT2D eigenvalue weighted by Gasteiger charge is -2.19. The minimum Gasteiger partial charge on any atom is -0.455 e. The number of aliphatic hydroxyl groups excluding tert-OH is 1. The molecule has 7 nitrogen and oxygen atoms in total. The smallest absolute Gasteiger partial charge is 0.273 e. The van der Waals surface area contributed by atoms with Crippen LogP contribution in [0.3, 0.4) is 0 Å². The van der Waals surface area contributed by atoms with E-state index in [2.05, 4.69) is 11.4 Å². The molecule has 2 N–H and O–H groups in total. The van der Waals surface area contributed by atoms with Crippen LogP contribution in [0.5, 0.6) is 0 Å². The Hall–Kier alpha value is -3.50. The second kappa shape index (κ2) is 10.6. The van der Waals surface area contributed by atoms with E-state index in [1.807, 2.05) is 12.1 Å². The molecule has 0 saturated heterocycles. The van der Waals surface area contributed by atoms with Gasteiger partial charge in [-0.15, -0.1) is 4.83 Å². The fraction of sp³-hybridized carbons (Fsp3) is 0.207. The van der Waals surface area contributed by atoms with Crippen molar-refractivity contribution < 1.29 is 27.1 Å². The maximum Gasteiger partial charge on any atom is 0.273 e. The number of sulfonamides is 1. The number of amides is 1. The van der Waals surface area contributed by atoms with Gasteiger partial charge in [0.1, 0.15) is 17.2 Å². The maximum atomic E-state index is 13.7. The number of benzene rings is 3. The molecule has 1 saturated carbocycles. The van der Waals surface area contributed by atoms with Crippen LogP contribution < -0.4 is 4.83 Å². The second-order valence-corrected chi connectivity index (χ2v) is 11.7. The van der Waals surface area contributed by atoms with Gasteiger partial charge in [0.2, 0.25) is 10.0 Å². The monoisotopic (exact) mass is 568 g/mol. The average molecular weight is 569 g/mol. The quantitative estimate of drug-likeness (QED) is 0.246. The highest BCUT2D eigenvalue weighted by atomic mass is 35.5. The van der Waals surface area contributed by atoms with Crippen molar-refractivity contribution in [3.05, 3.63) is 100 Å². The van der Waals surface area contributed by atoms with Crippen LogP contribution in [0.4, 0.5) is 4.39 Å². The Labute approximate surface area is 230 Å². The third-order valence-electron chi connectivity index (χ3n) is 6.62. The molecule has 0 aliphatic heterocycles. The number of hydrogen-bond donors (Lipinski definition) is 2. The number of furan rings is 1. The molecule has 1 aromatic heterocycles. The number of carbonyl (C=O) groups is 1. The summed E-state index contributed by atoms with van der Waals surface area (Å²) < 4.78 is 45.7. The van der Waals surface area contributed by atoms with Crippen molar-refractivity contribution >= 4 is 44.1 Å². The number of fused-ring (bicyclic) bond motifs is 1. The highest BCUT2D eigenvalue weighted by molar-refractivity contribution is 7.88. The van der Waals surface area contributed by atoms with Crippen LogP contribution in [0.25, 0.3) is 27.9 Å². The zero-order valence-electron chi connectivity index (χ0n) is 21.1. The molecule has 0 spiro atoms. The number of rotatable bonds is 9. The van der Waals surface area contributed by atoms with E-state index in [1.165, 1.54) is 37.4 Å². The first-order valence-corrected chi connectivity index (χ1v) is 14.3. The Kier molecular flexibility index (Phi) is 7.35. The molecule has 4 aromatic rings. The van der Waals surface area contributed by atoms with Crippen molar-refractivity contribution in [2.45, 2.75) is 24.5 Å². The zero-order chi connectivity index (χ0) is 27.9. The minimum atomic E-state index is -4.03. The van der Waals surface area contributed by atoms with Gasteiger partial charge in [-0.05, 0) is 83.5 Å². The van der Waals surface area contributed by atoms with E-state index >= 15 is 0 Å². The number of nitrogens with one attached hydrogen (secondary N) is 1. The minimum absolute atomic E-state index is 0.180. The molecule has 0 unspecified atom stereocenters. The van der Waals surface area contributed by atoms with E-state index in [0.717, 1.165) is 23.4 Å². The summed E-state index contributed by atoms with van der Waals surface area (Å²) in [6.45, 7) is 3.45. The molecule has 1 aliphatic carbocycles. The SMILES string of the molecule is C=C(CO)c1ccc(CS(=O)(=O)NN(C)C(=O)c2c(-c3ccc(F)cc3)oc3ccc(C4CC4)cc23)cc1Cl. The highest BCUT2D eigenvalue weighted by Crippen LogP contribution is 2.43. The molecule has 3 aromatic carbocycles. The topological polar surface area (TPSA) is 99.8 Å². The second-order valence-electron chi connectivity index (χ2n) is 9.63. The van der Waals surface area contributed by atoms with Gasteiger partial charge in [0.25, 0.3) is 5.91 Å². The Bertz CT molecular complexity index is 1690. The van der Waals surface area contributed by atoms with Gasteiger partial charge in [-0.25, -0.2) is 12.8 Å². The molecule has 10 heteroatoms. The Morgan fingerprint density at radius 2 is 1.87 bits per heavy atom. The fourth-order valence-corrected chi connectivity index (χ4v) is 6.01. The van der Waals surface area contributed by atoms with Gasteiger partial charge in [-0.3, -0.25) is 9.80 Å². The number of hydrazine groups is 1. The number of carbonyl (C=O) groups excluding carboxylic acids is 1. The first-order valence-electron chi connectivity index (χ1n) is 12.2. The third-order valence-corrected chi connectivity index (χ3v) is 8.20. The van der Waals surface area contributed by atoms with Gasteiger partial charge in [-0.2, -0.15) is 0 Å². The zero-order valence-corrected chi connectivity index (χ0v) is 22.7. The molecular weight excluding hydrogens is 543 g/mol. The lowest BCUT2D eigenvalue weighted by Crippen LogP contribution is -2.43. The summed E-state index contributed by atoms with van der Waals surface area (Å²) in [5.41, 5.74) is 3.53. The molecular formula is C29H26ClFN2O5S. The fourth-order valence-electron chi connectivity index (χ4n) is 4.49. The molecule has 1 amide bonds. The number of halogens is 2. The van der Waals surface area contributed by atoms with E-state index in [-0.39, 0.29) is 23.0 Å². The summed E-state index contributed by atoms with van der Waals surface area (Å²) in [5.74, 6) is -0.861. The van der Waals surface area contributed by atoms with E-state index in [4.69, 9.17) is 16.0 Å². The Morgan fingerprint density at radius 1 is 1.15 bits per heavy atom. The first kappa shape index (κ1) is 27.1.